The summed E-state index contributed by atoms with van der Waals surface area (Å²) in [5.41, 5.74) is 2.70. The summed E-state index contributed by atoms with van der Waals surface area (Å²) in [5, 5.41) is 11.1. The molecule has 1 N–H and O–H groups in total. The van der Waals surface area contributed by atoms with E-state index in [1.807, 2.05) is 28.8 Å². The summed E-state index contributed by atoms with van der Waals surface area (Å²) in [6.07, 6.45) is 1.67. The quantitative estimate of drug-likeness (QED) is 0.656. The summed E-state index contributed by atoms with van der Waals surface area (Å²) < 4.78 is 15.0. The molecule has 0 atom stereocenters. The van der Waals surface area contributed by atoms with Gasteiger partial charge in [-0.2, -0.15) is 0 Å². The van der Waals surface area contributed by atoms with Crippen LogP contribution < -0.4 is 0 Å². The molecule has 0 spiro atoms. The maximum absolute atomic E-state index is 13.1. The van der Waals surface area contributed by atoms with Crippen LogP contribution in [0.3, 0.4) is 0 Å². The van der Waals surface area contributed by atoms with Gasteiger partial charge in [0.05, 0.1) is 18.5 Å². The summed E-state index contributed by atoms with van der Waals surface area (Å²) in [6.45, 7) is 0.432. The van der Waals surface area contributed by atoms with Gasteiger partial charge in [0.1, 0.15) is 5.82 Å². The summed E-state index contributed by atoms with van der Waals surface area (Å²) >= 11 is 7.75. The van der Waals surface area contributed by atoms with Crippen molar-refractivity contribution in [1.29, 1.82) is 0 Å². The third kappa shape index (κ3) is 3.98. The van der Waals surface area contributed by atoms with Crippen LogP contribution in [0, 0.1) is 5.82 Å². The molecule has 3 rings (SSSR count). The van der Waals surface area contributed by atoms with Crippen molar-refractivity contribution in [2.24, 2.45) is 0 Å². The van der Waals surface area contributed by atoms with Crippen molar-refractivity contribution in [2.45, 2.75) is 24.1 Å². The average Bonchev–Trinajstić information content (AvgIpc) is 2.98. The van der Waals surface area contributed by atoms with Gasteiger partial charge in [-0.15, -0.1) is 0 Å². The van der Waals surface area contributed by atoms with E-state index in [-0.39, 0.29) is 12.4 Å². The number of rotatable bonds is 6. The molecule has 0 fully saturated rings. The topological polar surface area (TPSA) is 38.1 Å². The zero-order valence-corrected chi connectivity index (χ0v) is 14.4. The Labute approximate surface area is 149 Å². The van der Waals surface area contributed by atoms with Gasteiger partial charge >= 0.3 is 0 Å². The number of hydrogen-bond donors (Lipinski definition) is 1. The zero-order valence-electron chi connectivity index (χ0n) is 12.8. The first kappa shape index (κ1) is 17.0. The summed E-state index contributed by atoms with van der Waals surface area (Å²) in [6, 6.07) is 14.0. The highest BCUT2D eigenvalue weighted by Crippen LogP contribution is 2.27. The molecule has 0 saturated carbocycles. The maximum Gasteiger partial charge on any atom is 0.168 e. The molecule has 0 radical (unpaired) electrons. The van der Waals surface area contributed by atoms with Gasteiger partial charge < -0.3 is 9.67 Å². The first-order chi connectivity index (χ1) is 11.7. The maximum atomic E-state index is 13.1. The van der Waals surface area contributed by atoms with Gasteiger partial charge in [-0.05, 0) is 29.3 Å². The first-order valence-corrected chi connectivity index (χ1v) is 8.79. The standard InChI is InChI=1S/C18H16ClFN2OS/c19-17-4-2-1-3-14(17)12-24-18-21-9-16(11-23)22(18)10-13-5-7-15(20)8-6-13/h1-9,23H,10-12H2. The van der Waals surface area contributed by atoms with E-state index in [1.54, 1.807) is 30.1 Å². The Balaban J connectivity index is 1.79. The molecule has 0 bridgehead atoms. The number of nitrogens with zero attached hydrogens (tertiary/aromatic N) is 2. The fourth-order valence-corrected chi connectivity index (χ4v) is 3.62. The molecule has 1 aromatic heterocycles. The van der Waals surface area contributed by atoms with E-state index in [1.165, 1.54) is 12.1 Å². The third-order valence-corrected chi connectivity index (χ3v) is 5.04. The molecule has 1 heterocycles. The Kier molecular flexibility index (Phi) is 5.56. The minimum Gasteiger partial charge on any atom is -0.390 e. The molecule has 124 valence electrons. The van der Waals surface area contributed by atoms with Gasteiger partial charge in [-0.3, -0.25) is 0 Å². The summed E-state index contributed by atoms with van der Waals surface area (Å²) in [7, 11) is 0. The SMILES string of the molecule is OCc1cnc(SCc2ccccc2Cl)n1Cc1ccc(F)cc1. The highest BCUT2D eigenvalue weighted by Gasteiger charge is 2.11. The van der Waals surface area contributed by atoms with Crippen molar-refractivity contribution >= 4 is 23.4 Å². The second kappa shape index (κ2) is 7.83. The lowest BCUT2D eigenvalue weighted by Gasteiger charge is -2.11. The van der Waals surface area contributed by atoms with Gasteiger partial charge in [0.15, 0.2) is 5.16 Å². The van der Waals surface area contributed by atoms with Crippen LogP contribution in [0.25, 0.3) is 0 Å². The number of benzene rings is 2. The lowest BCUT2D eigenvalue weighted by atomic mass is 10.2. The van der Waals surface area contributed by atoms with Gasteiger partial charge in [-0.25, -0.2) is 9.37 Å². The molecule has 0 unspecified atom stereocenters. The first-order valence-electron chi connectivity index (χ1n) is 7.43. The monoisotopic (exact) mass is 362 g/mol. The number of aliphatic hydroxyl groups excluding tert-OH is 1. The Morgan fingerprint density at radius 2 is 1.88 bits per heavy atom. The van der Waals surface area contributed by atoms with Gasteiger partial charge in [-0.1, -0.05) is 53.7 Å². The van der Waals surface area contributed by atoms with E-state index in [0.717, 1.165) is 27.0 Å². The predicted octanol–water partition coefficient (Wildman–Crippen LogP) is 4.51. The van der Waals surface area contributed by atoms with E-state index in [2.05, 4.69) is 4.98 Å². The van der Waals surface area contributed by atoms with Crippen molar-refractivity contribution in [2.75, 3.05) is 0 Å². The van der Waals surface area contributed by atoms with Crippen molar-refractivity contribution < 1.29 is 9.50 Å². The Morgan fingerprint density at radius 3 is 2.58 bits per heavy atom. The van der Waals surface area contributed by atoms with E-state index >= 15 is 0 Å². The van der Waals surface area contributed by atoms with Crippen LogP contribution in [0.1, 0.15) is 16.8 Å². The Bertz CT molecular complexity index is 820. The van der Waals surface area contributed by atoms with Crippen LogP contribution in [0.4, 0.5) is 4.39 Å². The van der Waals surface area contributed by atoms with Crippen LogP contribution in [0.15, 0.2) is 59.9 Å². The average molecular weight is 363 g/mol. The normalized spacial score (nSPS) is 11.0. The van der Waals surface area contributed by atoms with Crippen LogP contribution in [0.2, 0.25) is 5.02 Å². The van der Waals surface area contributed by atoms with Gasteiger partial charge in [0, 0.05) is 17.3 Å². The molecule has 3 nitrogen and oxygen atoms in total. The fraction of sp³-hybridized carbons (Fsp3) is 0.167. The van der Waals surface area contributed by atoms with Crippen molar-refractivity contribution in [3.05, 3.63) is 82.4 Å². The largest absolute Gasteiger partial charge is 0.390 e. The smallest absolute Gasteiger partial charge is 0.168 e. The minimum absolute atomic E-state index is 0.0964. The van der Waals surface area contributed by atoms with Crippen molar-refractivity contribution in [1.82, 2.24) is 9.55 Å². The Morgan fingerprint density at radius 1 is 1.12 bits per heavy atom. The molecule has 24 heavy (non-hydrogen) atoms. The number of thioether (sulfide) groups is 1. The second-order valence-electron chi connectivity index (χ2n) is 5.28. The molecule has 2 aromatic carbocycles. The molecule has 0 aliphatic carbocycles. The van der Waals surface area contributed by atoms with Crippen LogP contribution in [-0.4, -0.2) is 14.7 Å². The van der Waals surface area contributed by atoms with Crippen LogP contribution >= 0.6 is 23.4 Å². The number of aliphatic hydroxyl groups is 1. The minimum atomic E-state index is -0.264. The van der Waals surface area contributed by atoms with Crippen molar-refractivity contribution in [3.63, 3.8) is 0 Å². The fourth-order valence-electron chi connectivity index (χ4n) is 2.33. The van der Waals surface area contributed by atoms with Gasteiger partial charge in [0.2, 0.25) is 0 Å². The molecular formula is C18H16ClFN2OS. The Hall–Kier alpha value is -1.82. The van der Waals surface area contributed by atoms with E-state index in [9.17, 15) is 9.50 Å². The molecule has 0 amide bonds. The van der Waals surface area contributed by atoms with Gasteiger partial charge in [0.25, 0.3) is 0 Å². The lowest BCUT2D eigenvalue weighted by molar-refractivity contribution is 0.270. The van der Waals surface area contributed by atoms with Crippen LogP contribution in [0.5, 0.6) is 0 Å². The molecule has 6 heteroatoms. The van der Waals surface area contributed by atoms with E-state index in [4.69, 9.17) is 11.6 Å². The second-order valence-corrected chi connectivity index (χ2v) is 6.63. The van der Waals surface area contributed by atoms with E-state index < -0.39 is 0 Å². The predicted molar refractivity (Wildman–Crippen MR) is 94.7 cm³/mol. The molecule has 3 aromatic rings. The highest BCUT2D eigenvalue weighted by atomic mass is 35.5. The summed E-state index contributed by atoms with van der Waals surface area (Å²) in [4.78, 5) is 4.39. The number of halogens is 2. The third-order valence-electron chi connectivity index (χ3n) is 3.63. The lowest BCUT2D eigenvalue weighted by Crippen LogP contribution is -2.06. The number of imidazole rings is 1. The van der Waals surface area contributed by atoms with Crippen molar-refractivity contribution in [3.8, 4) is 0 Å². The molecule has 0 saturated heterocycles. The summed E-state index contributed by atoms with van der Waals surface area (Å²) in [5.74, 6) is 0.422. The number of hydrogen-bond acceptors (Lipinski definition) is 3. The molecule has 0 aliphatic heterocycles. The van der Waals surface area contributed by atoms with E-state index in [0.29, 0.717) is 12.3 Å². The highest BCUT2D eigenvalue weighted by molar-refractivity contribution is 7.98. The number of aromatic nitrogens is 2. The zero-order chi connectivity index (χ0) is 16.9. The molecule has 0 aliphatic rings. The van der Waals surface area contributed by atoms with Crippen LogP contribution in [-0.2, 0) is 18.9 Å². The molecular weight excluding hydrogens is 347 g/mol.